The van der Waals surface area contributed by atoms with Crippen LogP contribution in [-0.2, 0) is 17.8 Å². The molecule has 0 aliphatic rings. The number of anilines is 1. The molecule has 0 unspecified atom stereocenters. The summed E-state index contributed by atoms with van der Waals surface area (Å²) in [6, 6.07) is 3.29. The number of nitrogens with one attached hydrogen (secondary N) is 1. The van der Waals surface area contributed by atoms with Crippen LogP contribution in [0.5, 0.6) is 11.5 Å². The number of nitrogens with zero attached hydrogens (tertiary/aromatic N) is 2. The number of hydrogen-bond acceptors (Lipinski definition) is 4. The van der Waals surface area contributed by atoms with Crippen molar-refractivity contribution in [3.8, 4) is 11.5 Å². The first-order valence-corrected chi connectivity index (χ1v) is 9.38. The highest BCUT2D eigenvalue weighted by Crippen LogP contribution is 2.36. The molecule has 0 aliphatic heterocycles. The molecule has 0 saturated heterocycles. The summed E-state index contributed by atoms with van der Waals surface area (Å²) >= 11 is 6.10. The molecular weight excluding hydrogens is 366 g/mol. The van der Waals surface area contributed by atoms with Crippen LogP contribution in [-0.4, -0.2) is 29.9 Å². The normalized spacial score (nSPS) is 11.0. The molecule has 0 saturated carbocycles. The average Bonchev–Trinajstić information content (AvgIpc) is 2.87. The fourth-order valence-electron chi connectivity index (χ4n) is 3.03. The first-order valence-electron chi connectivity index (χ1n) is 9.01. The van der Waals surface area contributed by atoms with Gasteiger partial charge in [-0.1, -0.05) is 25.4 Å². The van der Waals surface area contributed by atoms with Crippen molar-refractivity contribution >= 4 is 23.2 Å². The molecule has 1 heterocycles. The van der Waals surface area contributed by atoms with E-state index in [1.54, 1.807) is 12.1 Å². The Balaban J connectivity index is 2.08. The Morgan fingerprint density at radius 3 is 2.48 bits per heavy atom. The number of methoxy groups -OCH3 is 2. The van der Waals surface area contributed by atoms with Gasteiger partial charge in [0.05, 0.1) is 30.6 Å². The molecule has 1 aromatic heterocycles. The van der Waals surface area contributed by atoms with Crippen molar-refractivity contribution in [1.82, 2.24) is 9.78 Å². The summed E-state index contributed by atoms with van der Waals surface area (Å²) in [6.45, 7) is 9.25. The third-order valence-electron chi connectivity index (χ3n) is 4.42. The number of carbonyl (C=O) groups excluding carboxylic acids is 1. The molecule has 2 rings (SSSR count). The van der Waals surface area contributed by atoms with Crippen molar-refractivity contribution in [3.05, 3.63) is 34.1 Å². The standard InChI is InChI=1S/C20H28ClN3O3/c1-12(2)11-24-14(4)15(13(3)23-24)7-8-20(25)22-17-10-18(26-5)16(21)9-19(17)27-6/h9-10,12H,7-8,11H2,1-6H3,(H,22,25). The number of carbonyl (C=O) groups is 1. The summed E-state index contributed by atoms with van der Waals surface area (Å²) < 4.78 is 12.5. The van der Waals surface area contributed by atoms with E-state index < -0.39 is 0 Å². The van der Waals surface area contributed by atoms with E-state index in [1.807, 2.05) is 11.6 Å². The second-order valence-corrected chi connectivity index (χ2v) is 7.37. The number of halogens is 1. The molecule has 1 amide bonds. The Morgan fingerprint density at radius 1 is 1.22 bits per heavy atom. The molecule has 7 heteroatoms. The molecule has 1 N–H and O–H groups in total. The van der Waals surface area contributed by atoms with E-state index in [0.29, 0.717) is 41.0 Å². The number of amides is 1. The van der Waals surface area contributed by atoms with Crippen LogP contribution in [0.25, 0.3) is 0 Å². The van der Waals surface area contributed by atoms with Gasteiger partial charge in [0.15, 0.2) is 0 Å². The maximum Gasteiger partial charge on any atom is 0.224 e. The number of aromatic nitrogens is 2. The zero-order valence-corrected chi connectivity index (χ0v) is 17.6. The van der Waals surface area contributed by atoms with Gasteiger partial charge in [-0.15, -0.1) is 0 Å². The monoisotopic (exact) mass is 393 g/mol. The molecule has 0 aliphatic carbocycles. The summed E-state index contributed by atoms with van der Waals surface area (Å²) in [6.07, 6.45) is 0.984. The Hall–Kier alpha value is -2.21. The zero-order chi connectivity index (χ0) is 20.1. The number of rotatable bonds is 8. The van der Waals surface area contributed by atoms with Gasteiger partial charge in [0.25, 0.3) is 0 Å². The van der Waals surface area contributed by atoms with Crippen molar-refractivity contribution < 1.29 is 14.3 Å². The minimum Gasteiger partial charge on any atom is -0.495 e. The van der Waals surface area contributed by atoms with Gasteiger partial charge in [0.1, 0.15) is 11.5 Å². The first kappa shape index (κ1) is 21.1. The molecule has 0 spiro atoms. The summed E-state index contributed by atoms with van der Waals surface area (Å²) in [5.41, 5.74) is 3.77. The second kappa shape index (κ2) is 9.13. The lowest BCUT2D eigenvalue weighted by Crippen LogP contribution is -2.14. The van der Waals surface area contributed by atoms with Crippen LogP contribution in [0.3, 0.4) is 0 Å². The second-order valence-electron chi connectivity index (χ2n) is 6.96. The largest absolute Gasteiger partial charge is 0.495 e. The molecule has 0 atom stereocenters. The number of benzene rings is 1. The average molecular weight is 394 g/mol. The topological polar surface area (TPSA) is 65.4 Å². The van der Waals surface area contributed by atoms with Gasteiger partial charge in [0, 0.05) is 30.8 Å². The van der Waals surface area contributed by atoms with E-state index in [4.69, 9.17) is 21.1 Å². The van der Waals surface area contributed by atoms with Crippen LogP contribution < -0.4 is 14.8 Å². The summed E-state index contributed by atoms with van der Waals surface area (Å²) in [5, 5.41) is 7.91. The molecule has 148 valence electrons. The highest BCUT2D eigenvalue weighted by molar-refractivity contribution is 6.32. The van der Waals surface area contributed by atoms with Gasteiger partial charge in [-0.3, -0.25) is 9.48 Å². The lowest BCUT2D eigenvalue weighted by molar-refractivity contribution is -0.116. The molecule has 2 aromatic rings. The minimum atomic E-state index is -0.104. The van der Waals surface area contributed by atoms with E-state index in [1.165, 1.54) is 14.2 Å². The van der Waals surface area contributed by atoms with Gasteiger partial charge >= 0.3 is 0 Å². The maximum absolute atomic E-state index is 12.5. The Bertz CT molecular complexity index is 815. The van der Waals surface area contributed by atoms with Crippen LogP contribution in [0.15, 0.2) is 12.1 Å². The fourth-order valence-corrected chi connectivity index (χ4v) is 3.26. The van der Waals surface area contributed by atoms with Crippen molar-refractivity contribution in [2.45, 2.75) is 47.1 Å². The minimum absolute atomic E-state index is 0.104. The van der Waals surface area contributed by atoms with Crippen LogP contribution >= 0.6 is 11.6 Å². The van der Waals surface area contributed by atoms with E-state index in [0.717, 1.165) is 23.5 Å². The highest BCUT2D eigenvalue weighted by atomic mass is 35.5. The van der Waals surface area contributed by atoms with Crippen molar-refractivity contribution in [3.63, 3.8) is 0 Å². The fraction of sp³-hybridized carbons (Fsp3) is 0.500. The molecule has 0 radical (unpaired) electrons. The maximum atomic E-state index is 12.5. The van der Waals surface area contributed by atoms with Crippen LogP contribution in [0, 0.1) is 19.8 Å². The van der Waals surface area contributed by atoms with Gasteiger partial charge in [-0.2, -0.15) is 5.10 Å². The van der Waals surface area contributed by atoms with Crippen LogP contribution in [0.1, 0.15) is 37.2 Å². The van der Waals surface area contributed by atoms with Crippen LogP contribution in [0.4, 0.5) is 5.69 Å². The molecule has 1 aromatic carbocycles. The summed E-state index contributed by atoms with van der Waals surface area (Å²) in [7, 11) is 3.06. The SMILES string of the molecule is COc1cc(NC(=O)CCc2c(C)nn(CC(C)C)c2C)c(OC)cc1Cl. The zero-order valence-electron chi connectivity index (χ0n) is 16.9. The van der Waals surface area contributed by atoms with E-state index in [9.17, 15) is 4.79 Å². The quantitative estimate of drug-likeness (QED) is 0.721. The molecule has 0 bridgehead atoms. The van der Waals surface area contributed by atoms with Crippen molar-refractivity contribution in [2.24, 2.45) is 5.92 Å². The van der Waals surface area contributed by atoms with Gasteiger partial charge in [0.2, 0.25) is 5.91 Å². The van der Waals surface area contributed by atoms with Gasteiger partial charge in [-0.05, 0) is 31.7 Å². The number of hydrogen-bond donors (Lipinski definition) is 1. The number of aryl methyl sites for hydroxylation is 1. The van der Waals surface area contributed by atoms with Crippen molar-refractivity contribution in [2.75, 3.05) is 19.5 Å². The molecule has 27 heavy (non-hydrogen) atoms. The van der Waals surface area contributed by atoms with Crippen molar-refractivity contribution in [1.29, 1.82) is 0 Å². The van der Waals surface area contributed by atoms with Crippen LogP contribution in [0.2, 0.25) is 5.02 Å². The third kappa shape index (κ3) is 5.16. The van der Waals surface area contributed by atoms with Gasteiger partial charge < -0.3 is 14.8 Å². The lowest BCUT2D eigenvalue weighted by Gasteiger charge is -2.13. The Labute approximate surface area is 165 Å². The summed E-state index contributed by atoms with van der Waals surface area (Å²) in [5.74, 6) is 1.39. The predicted molar refractivity (Wildman–Crippen MR) is 108 cm³/mol. The molecule has 6 nitrogen and oxygen atoms in total. The lowest BCUT2D eigenvalue weighted by atomic mass is 10.1. The molecular formula is C20H28ClN3O3. The first-order chi connectivity index (χ1) is 12.8. The highest BCUT2D eigenvalue weighted by Gasteiger charge is 2.16. The van der Waals surface area contributed by atoms with Gasteiger partial charge in [-0.25, -0.2) is 0 Å². The summed E-state index contributed by atoms with van der Waals surface area (Å²) in [4.78, 5) is 12.5. The third-order valence-corrected chi connectivity index (χ3v) is 4.71. The Kier molecular flexibility index (Phi) is 7.13. The van der Waals surface area contributed by atoms with E-state index >= 15 is 0 Å². The van der Waals surface area contributed by atoms with E-state index in [2.05, 4.69) is 31.2 Å². The molecule has 0 fully saturated rings. The smallest absolute Gasteiger partial charge is 0.224 e. The predicted octanol–water partition coefficient (Wildman–Crippen LogP) is 4.40. The number of ether oxygens (including phenoxy) is 2. The van der Waals surface area contributed by atoms with E-state index in [-0.39, 0.29) is 5.91 Å². The Morgan fingerprint density at radius 2 is 1.89 bits per heavy atom.